The Bertz CT molecular complexity index is 968. The van der Waals surface area contributed by atoms with E-state index < -0.39 is 17.4 Å². The molecule has 0 aliphatic carbocycles. The quantitative estimate of drug-likeness (QED) is 0.667. The van der Waals surface area contributed by atoms with E-state index in [2.05, 4.69) is 26.1 Å². The molecule has 0 fully saturated rings. The average molecular weight is 416 g/mol. The zero-order chi connectivity index (χ0) is 20.3. The van der Waals surface area contributed by atoms with Crippen molar-refractivity contribution in [2.24, 2.45) is 10.5 Å². The van der Waals surface area contributed by atoms with E-state index in [1.54, 1.807) is 6.07 Å². The number of hydrazone groups is 1. The van der Waals surface area contributed by atoms with E-state index in [1.165, 1.54) is 11.8 Å². The molecule has 3 N–H and O–H groups in total. The van der Waals surface area contributed by atoms with Crippen LogP contribution in [0.2, 0.25) is 0 Å². The van der Waals surface area contributed by atoms with E-state index in [-0.39, 0.29) is 11.6 Å². The van der Waals surface area contributed by atoms with Crippen LogP contribution in [0.15, 0.2) is 41.5 Å². The number of fused-ring (bicyclic) bond motifs is 1. The van der Waals surface area contributed by atoms with Crippen molar-refractivity contribution in [2.75, 3.05) is 6.54 Å². The molecule has 1 aliphatic rings. The molecule has 9 heteroatoms. The fraction of sp³-hybridized carbons (Fsp3) is 0.316. The molecule has 0 radical (unpaired) electrons. The van der Waals surface area contributed by atoms with Gasteiger partial charge in [-0.25, -0.2) is 4.98 Å². The van der Waals surface area contributed by atoms with Gasteiger partial charge in [-0.2, -0.15) is 5.10 Å². The molecule has 2 amide bonds. The summed E-state index contributed by atoms with van der Waals surface area (Å²) >= 11 is 6.36. The number of nitrogens with one attached hydrogen (secondary N) is 3. The smallest absolute Gasteiger partial charge is 0.270 e. The molecular formula is C19H21N5O2S2. The Morgan fingerprint density at radius 3 is 2.68 bits per heavy atom. The highest BCUT2D eigenvalue weighted by molar-refractivity contribution is 8.33. The lowest BCUT2D eigenvalue weighted by Gasteiger charge is -2.30. The second-order valence-corrected chi connectivity index (χ2v) is 9.21. The maximum absolute atomic E-state index is 12.8. The van der Waals surface area contributed by atoms with Crippen LogP contribution in [0, 0.1) is 5.41 Å². The van der Waals surface area contributed by atoms with Crippen molar-refractivity contribution >= 4 is 56.1 Å². The van der Waals surface area contributed by atoms with Crippen molar-refractivity contribution in [3.8, 4) is 0 Å². The van der Waals surface area contributed by atoms with E-state index in [0.717, 1.165) is 10.9 Å². The van der Waals surface area contributed by atoms with Crippen LogP contribution in [0.4, 0.5) is 0 Å². The summed E-state index contributed by atoms with van der Waals surface area (Å²) in [6.07, 6.45) is 0. The minimum Gasteiger partial charge on any atom is -0.338 e. The third-order valence-electron chi connectivity index (χ3n) is 4.08. The summed E-state index contributed by atoms with van der Waals surface area (Å²) in [6.45, 7) is 6.12. The number of thioether (sulfide) groups is 1. The van der Waals surface area contributed by atoms with Gasteiger partial charge in [-0.3, -0.25) is 9.59 Å². The molecule has 0 bridgehead atoms. The molecule has 28 heavy (non-hydrogen) atoms. The molecule has 2 aromatic rings. The van der Waals surface area contributed by atoms with Gasteiger partial charge in [0.2, 0.25) is 5.91 Å². The molecule has 3 rings (SSSR count). The van der Waals surface area contributed by atoms with Crippen molar-refractivity contribution in [1.29, 1.82) is 0 Å². The largest absolute Gasteiger partial charge is 0.338 e. The summed E-state index contributed by atoms with van der Waals surface area (Å²) in [5.41, 5.74) is 3.22. The van der Waals surface area contributed by atoms with Crippen LogP contribution in [0.5, 0.6) is 0 Å². The van der Waals surface area contributed by atoms with Crippen LogP contribution in [0.3, 0.4) is 0 Å². The molecule has 146 valence electrons. The first-order chi connectivity index (χ1) is 13.2. The summed E-state index contributed by atoms with van der Waals surface area (Å²) in [4.78, 5) is 30.0. The lowest BCUT2D eigenvalue weighted by molar-refractivity contribution is -0.123. The number of hydrogen-bond donors (Lipinski definition) is 3. The molecular weight excluding hydrogens is 394 g/mol. The standard InChI is InChI=1S/C19H21N5O2S2/c1-19(2,3)15(17(26)23-18-24-20-10-14(27)28-18)22-16(25)13-9-8-11-6-4-5-7-12(11)21-13/h4-9,15,20H,10H2,1-3H3,(H,22,25)(H,23,24,26). The van der Waals surface area contributed by atoms with Gasteiger partial charge in [0.05, 0.1) is 16.3 Å². The first-order valence-electron chi connectivity index (χ1n) is 8.73. The molecule has 1 aromatic heterocycles. The number of rotatable bonds is 3. The van der Waals surface area contributed by atoms with E-state index in [9.17, 15) is 9.59 Å². The third kappa shape index (κ3) is 4.85. The molecule has 0 saturated heterocycles. The lowest BCUT2D eigenvalue weighted by atomic mass is 9.86. The number of aromatic nitrogens is 1. The molecule has 7 nitrogen and oxygen atoms in total. The van der Waals surface area contributed by atoms with Crippen LogP contribution in [0.25, 0.3) is 10.9 Å². The first kappa shape index (κ1) is 20.2. The fourth-order valence-electron chi connectivity index (χ4n) is 2.65. The summed E-state index contributed by atoms with van der Waals surface area (Å²) in [6, 6.07) is 10.2. The molecule has 0 saturated carbocycles. The number of pyridine rings is 1. The second kappa shape index (κ2) is 8.24. The number of hydrogen-bond acceptors (Lipinski definition) is 7. The Morgan fingerprint density at radius 1 is 1.21 bits per heavy atom. The Hall–Kier alpha value is -2.52. The summed E-state index contributed by atoms with van der Waals surface area (Å²) in [5, 5.41) is 10.9. The highest BCUT2D eigenvalue weighted by atomic mass is 32.2. The second-order valence-electron chi connectivity index (χ2n) is 7.38. The molecule has 1 atom stereocenters. The summed E-state index contributed by atoms with van der Waals surface area (Å²) in [7, 11) is 0. The van der Waals surface area contributed by atoms with Gasteiger partial charge in [0, 0.05) is 5.39 Å². The zero-order valence-corrected chi connectivity index (χ0v) is 17.4. The highest BCUT2D eigenvalue weighted by Gasteiger charge is 2.34. The summed E-state index contributed by atoms with van der Waals surface area (Å²) in [5.74, 6) is -0.771. The van der Waals surface area contributed by atoms with E-state index in [1.807, 2.05) is 51.1 Å². The normalized spacial score (nSPS) is 15.4. The van der Waals surface area contributed by atoms with Gasteiger partial charge in [0.1, 0.15) is 11.7 Å². The SMILES string of the molecule is CC(C)(C)C(NC(=O)c1ccc2ccccc2n1)C(=O)NC1=NNCC(=S)S1. The Balaban J connectivity index is 1.77. The number of benzene rings is 1. The average Bonchev–Trinajstić information content (AvgIpc) is 2.64. The Labute approximate surface area is 172 Å². The van der Waals surface area contributed by atoms with Crippen LogP contribution in [0.1, 0.15) is 31.3 Å². The molecule has 0 spiro atoms. The maximum atomic E-state index is 12.8. The van der Waals surface area contributed by atoms with Crippen molar-refractivity contribution in [2.45, 2.75) is 26.8 Å². The minimum absolute atomic E-state index is 0.257. The first-order valence-corrected chi connectivity index (χ1v) is 9.95. The van der Waals surface area contributed by atoms with Gasteiger partial charge < -0.3 is 16.1 Å². The molecule has 1 aromatic carbocycles. The molecule has 2 heterocycles. The topological polar surface area (TPSA) is 95.5 Å². The third-order valence-corrected chi connectivity index (χ3v) is 5.23. The Kier molecular flexibility index (Phi) is 5.95. The van der Waals surface area contributed by atoms with E-state index in [4.69, 9.17) is 12.2 Å². The number of nitrogens with zero attached hydrogens (tertiary/aromatic N) is 2. The number of carbonyl (C=O) groups excluding carboxylic acids is 2. The predicted molar refractivity (Wildman–Crippen MR) is 116 cm³/mol. The zero-order valence-electron chi connectivity index (χ0n) is 15.8. The fourth-order valence-corrected chi connectivity index (χ4v) is 3.56. The maximum Gasteiger partial charge on any atom is 0.270 e. The number of amidine groups is 1. The van der Waals surface area contributed by atoms with Gasteiger partial charge in [0.15, 0.2) is 5.17 Å². The van der Waals surface area contributed by atoms with Crippen LogP contribution in [-0.2, 0) is 4.79 Å². The van der Waals surface area contributed by atoms with Gasteiger partial charge >= 0.3 is 0 Å². The van der Waals surface area contributed by atoms with Crippen LogP contribution < -0.4 is 16.1 Å². The minimum atomic E-state index is -0.785. The van der Waals surface area contributed by atoms with Gasteiger partial charge in [-0.05, 0) is 29.3 Å². The van der Waals surface area contributed by atoms with Crippen molar-refractivity contribution < 1.29 is 9.59 Å². The van der Waals surface area contributed by atoms with Crippen LogP contribution >= 0.6 is 24.0 Å². The summed E-state index contributed by atoms with van der Waals surface area (Å²) < 4.78 is 0.682. The van der Waals surface area contributed by atoms with Crippen molar-refractivity contribution in [1.82, 2.24) is 21.0 Å². The Morgan fingerprint density at radius 2 is 1.96 bits per heavy atom. The molecule has 1 unspecified atom stereocenters. The van der Waals surface area contributed by atoms with Gasteiger partial charge in [-0.1, -0.05) is 57.3 Å². The van der Waals surface area contributed by atoms with E-state index in [0.29, 0.717) is 15.9 Å². The highest BCUT2D eigenvalue weighted by Crippen LogP contribution is 2.21. The van der Waals surface area contributed by atoms with E-state index >= 15 is 0 Å². The number of thiocarbonyl (C=S) groups is 1. The number of amides is 2. The number of para-hydroxylation sites is 1. The monoisotopic (exact) mass is 415 g/mol. The molecule has 1 aliphatic heterocycles. The van der Waals surface area contributed by atoms with Crippen molar-refractivity contribution in [3.63, 3.8) is 0 Å². The number of carbonyl (C=O) groups is 2. The van der Waals surface area contributed by atoms with Crippen molar-refractivity contribution in [3.05, 3.63) is 42.1 Å². The van der Waals surface area contributed by atoms with Gasteiger partial charge in [0.25, 0.3) is 5.91 Å². The van der Waals surface area contributed by atoms with Gasteiger partial charge in [-0.15, -0.1) is 0 Å². The van der Waals surface area contributed by atoms with Crippen LogP contribution in [-0.4, -0.2) is 38.7 Å². The predicted octanol–water partition coefficient (Wildman–Crippen LogP) is 2.43. The lowest BCUT2D eigenvalue weighted by Crippen LogP contribution is -2.55.